The number of aromatic hydroxyl groups is 1. The molecule has 3 N–H and O–H groups in total. The molecule has 2 aromatic carbocycles. The number of phenols is 1. The Morgan fingerprint density at radius 3 is 2.50 bits per heavy atom. The average molecular weight is 398 g/mol. The van der Waals surface area contributed by atoms with E-state index in [4.69, 9.17) is 5.14 Å². The summed E-state index contributed by atoms with van der Waals surface area (Å²) in [5.74, 6) is 0.692. The first-order valence-corrected chi connectivity index (χ1v) is 10.9. The Bertz CT molecular complexity index is 1070. The van der Waals surface area contributed by atoms with Gasteiger partial charge >= 0.3 is 0 Å². The molecule has 1 saturated carbocycles. The van der Waals surface area contributed by atoms with Gasteiger partial charge in [-0.3, -0.25) is 9.79 Å². The number of primary sulfonamides is 1. The van der Waals surface area contributed by atoms with Crippen molar-refractivity contribution >= 4 is 27.2 Å². The minimum Gasteiger partial charge on any atom is -0.506 e. The quantitative estimate of drug-likeness (QED) is 0.697. The molecule has 4 rings (SSSR count). The van der Waals surface area contributed by atoms with Gasteiger partial charge in [-0.15, -0.1) is 0 Å². The Balaban J connectivity index is 1.40. The molecular formula is C21H22N2O4S. The Hall–Kier alpha value is -2.51. The number of sulfonamides is 1. The summed E-state index contributed by atoms with van der Waals surface area (Å²) in [6.45, 7) is 0. The highest BCUT2D eigenvalue weighted by Gasteiger charge is 2.33. The standard InChI is InChI=1S/C21H22N2O4S/c22-28(26,27)15-8-4-13(5-9-15)2-1-3-19(24)16-10-11-20(25)21-17(16)12-18(23-21)14-6-7-14/h4-5,8-11,14,25H,1-3,6-7,12H2,(H2,22,26,27). The third kappa shape index (κ3) is 3.86. The molecule has 0 aromatic heterocycles. The summed E-state index contributed by atoms with van der Waals surface area (Å²) in [6.07, 6.45) is 4.64. The molecule has 0 radical (unpaired) electrons. The normalized spacial score (nSPS) is 16.0. The van der Waals surface area contributed by atoms with Crippen molar-refractivity contribution in [2.24, 2.45) is 16.0 Å². The first-order valence-electron chi connectivity index (χ1n) is 9.40. The van der Waals surface area contributed by atoms with Crippen LogP contribution in [0, 0.1) is 5.92 Å². The first-order chi connectivity index (χ1) is 13.3. The van der Waals surface area contributed by atoms with E-state index in [-0.39, 0.29) is 16.4 Å². The smallest absolute Gasteiger partial charge is 0.238 e. The Kier molecular flexibility index (Phi) is 4.81. The third-order valence-corrected chi connectivity index (χ3v) is 6.27. The molecule has 6 nitrogen and oxygen atoms in total. The van der Waals surface area contributed by atoms with Crippen LogP contribution in [0.1, 0.15) is 47.2 Å². The van der Waals surface area contributed by atoms with E-state index in [1.165, 1.54) is 12.1 Å². The van der Waals surface area contributed by atoms with E-state index in [1.807, 2.05) is 0 Å². The Morgan fingerprint density at radius 1 is 1.14 bits per heavy atom. The zero-order chi connectivity index (χ0) is 19.9. The van der Waals surface area contributed by atoms with Crippen molar-refractivity contribution in [3.8, 4) is 5.75 Å². The number of carbonyl (C=O) groups excluding carboxylic acids is 1. The fourth-order valence-electron chi connectivity index (χ4n) is 3.64. The van der Waals surface area contributed by atoms with Crippen LogP contribution in [0.5, 0.6) is 5.75 Å². The first kappa shape index (κ1) is 18.8. The van der Waals surface area contributed by atoms with Crippen LogP contribution in [0.4, 0.5) is 5.69 Å². The molecule has 0 atom stereocenters. The van der Waals surface area contributed by atoms with Crippen molar-refractivity contribution in [2.45, 2.75) is 43.4 Å². The van der Waals surface area contributed by atoms with Crippen LogP contribution in [0.25, 0.3) is 0 Å². The number of carbonyl (C=O) groups is 1. The van der Waals surface area contributed by atoms with Gasteiger partial charge < -0.3 is 5.11 Å². The van der Waals surface area contributed by atoms with E-state index in [0.717, 1.165) is 29.7 Å². The predicted molar refractivity (Wildman–Crippen MR) is 107 cm³/mol. The molecule has 0 amide bonds. The summed E-state index contributed by atoms with van der Waals surface area (Å²) in [5.41, 5.74) is 4.10. The van der Waals surface area contributed by atoms with Gasteiger partial charge in [0.05, 0.1) is 4.90 Å². The van der Waals surface area contributed by atoms with Gasteiger partial charge in [-0.25, -0.2) is 13.6 Å². The number of aliphatic imine (C=N–C) groups is 1. The molecule has 2 aliphatic rings. The van der Waals surface area contributed by atoms with Gasteiger partial charge in [-0.2, -0.15) is 0 Å². The number of benzene rings is 2. The van der Waals surface area contributed by atoms with Gasteiger partial charge in [0.2, 0.25) is 10.0 Å². The highest BCUT2D eigenvalue weighted by molar-refractivity contribution is 7.89. The lowest BCUT2D eigenvalue weighted by molar-refractivity contribution is 0.0979. The maximum Gasteiger partial charge on any atom is 0.238 e. The minimum atomic E-state index is -3.69. The van der Waals surface area contributed by atoms with Crippen LogP contribution < -0.4 is 5.14 Å². The largest absolute Gasteiger partial charge is 0.506 e. The number of rotatable bonds is 7. The van der Waals surface area contributed by atoms with E-state index in [9.17, 15) is 18.3 Å². The Labute approximate surface area is 164 Å². The van der Waals surface area contributed by atoms with E-state index in [0.29, 0.717) is 42.9 Å². The lowest BCUT2D eigenvalue weighted by Crippen LogP contribution is -2.11. The average Bonchev–Trinajstić information content (AvgIpc) is 3.40. The molecule has 1 heterocycles. The fourth-order valence-corrected chi connectivity index (χ4v) is 4.15. The Morgan fingerprint density at radius 2 is 1.86 bits per heavy atom. The fraction of sp³-hybridized carbons (Fsp3) is 0.333. The van der Waals surface area contributed by atoms with Crippen LogP contribution >= 0.6 is 0 Å². The second kappa shape index (κ2) is 7.14. The van der Waals surface area contributed by atoms with Crippen LogP contribution in [-0.2, 0) is 22.9 Å². The molecule has 146 valence electrons. The van der Waals surface area contributed by atoms with Gasteiger partial charge in [-0.05, 0) is 67.0 Å². The predicted octanol–water partition coefficient (Wildman–Crippen LogP) is 3.28. The van der Waals surface area contributed by atoms with Crippen molar-refractivity contribution < 1.29 is 18.3 Å². The number of fused-ring (bicyclic) bond motifs is 1. The number of ketones is 1. The van der Waals surface area contributed by atoms with Crippen molar-refractivity contribution in [2.75, 3.05) is 0 Å². The monoisotopic (exact) mass is 398 g/mol. The molecule has 1 fully saturated rings. The van der Waals surface area contributed by atoms with E-state index in [2.05, 4.69) is 4.99 Å². The zero-order valence-corrected chi connectivity index (χ0v) is 16.2. The van der Waals surface area contributed by atoms with E-state index >= 15 is 0 Å². The van der Waals surface area contributed by atoms with Gasteiger partial charge in [0, 0.05) is 24.1 Å². The summed E-state index contributed by atoms with van der Waals surface area (Å²) in [4.78, 5) is 17.4. The van der Waals surface area contributed by atoms with Gasteiger partial charge in [0.25, 0.3) is 0 Å². The van der Waals surface area contributed by atoms with Crippen LogP contribution in [0.3, 0.4) is 0 Å². The SMILES string of the molecule is NS(=O)(=O)c1ccc(CCCC(=O)c2ccc(O)c3c2CC(C2CC2)=N3)cc1. The van der Waals surface area contributed by atoms with Crippen molar-refractivity contribution in [1.82, 2.24) is 0 Å². The zero-order valence-electron chi connectivity index (χ0n) is 15.4. The summed E-state index contributed by atoms with van der Waals surface area (Å²) in [7, 11) is -3.69. The topological polar surface area (TPSA) is 110 Å². The van der Waals surface area contributed by atoms with Gasteiger partial charge in [0.15, 0.2) is 5.78 Å². The molecule has 0 spiro atoms. The molecule has 1 aliphatic heterocycles. The van der Waals surface area contributed by atoms with Crippen LogP contribution in [-0.4, -0.2) is 25.0 Å². The molecular weight excluding hydrogens is 376 g/mol. The second-order valence-corrected chi connectivity index (χ2v) is 9.04. The number of nitrogens with two attached hydrogens (primary N) is 1. The molecule has 0 saturated heterocycles. The molecule has 0 bridgehead atoms. The lowest BCUT2D eigenvalue weighted by atomic mass is 9.95. The maximum atomic E-state index is 12.8. The maximum absolute atomic E-state index is 12.8. The number of phenolic OH excluding ortho intramolecular Hbond substituents is 1. The summed E-state index contributed by atoms with van der Waals surface area (Å²) in [6, 6.07) is 9.66. The van der Waals surface area contributed by atoms with Crippen molar-refractivity contribution in [3.63, 3.8) is 0 Å². The summed E-state index contributed by atoms with van der Waals surface area (Å²) in [5, 5.41) is 15.2. The molecule has 2 aromatic rings. The highest BCUT2D eigenvalue weighted by Crippen LogP contribution is 2.43. The molecule has 28 heavy (non-hydrogen) atoms. The number of Topliss-reactive ketones (excluding diaryl/α,β-unsaturated/α-hetero) is 1. The summed E-state index contributed by atoms with van der Waals surface area (Å²) < 4.78 is 22.6. The van der Waals surface area contributed by atoms with E-state index in [1.54, 1.807) is 24.3 Å². The third-order valence-electron chi connectivity index (χ3n) is 5.34. The lowest BCUT2D eigenvalue weighted by Gasteiger charge is -2.08. The van der Waals surface area contributed by atoms with Crippen LogP contribution in [0.15, 0.2) is 46.3 Å². The minimum absolute atomic E-state index is 0.0460. The number of nitrogens with zero attached hydrogens (tertiary/aromatic N) is 1. The molecule has 0 unspecified atom stereocenters. The van der Waals surface area contributed by atoms with E-state index < -0.39 is 10.0 Å². The number of hydrogen-bond donors (Lipinski definition) is 2. The van der Waals surface area contributed by atoms with Gasteiger partial charge in [0.1, 0.15) is 11.4 Å². The van der Waals surface area contributed by atoms with Crippen LogP contribution in [0.2, 0.25) is 0 Å². The van der Waals surface area contributed by atoms with Gasteiger partial charge in [-0.1, -0.05) is 12.1 Å². The number of aryl methyl sites for hydroxylation is 1. The molecule has 1 aliphatic carbocycles. The highest BCUT2D eigenvalue weighted by atomic mass is 32.2. The summed E-state index contributed by atoms with van der Waals surface area (Å²) >= 11 is 0. The second-order valence-electron chi connectivity index (χ2n) is 7.48. The van der Waals surface area contributed by atoms with Crippen molar-refractivity contribution in [1.29, 1.82) is 0 Å². The number of hydrogen-bond acceptors (Lipinski definition) is 5. The molecule has 7 heteroatoms. The van der Waals surface area contributed by atoms with Crippen molar-refractivity contribution in [3.05, 3.63) is 53.1 Å².